The first-order valence-electron chi connectivity index (χ1n) is 9.45. The Morgan fingerprint density at radius 3 is 2.82 bits per heavy atom. The summed E-state index contributed by atoms with van der Waals surface area (Å²) in [5.41, 5.74) is 4.42. The summed E-state index contributed by atoms with van der Waals surface area (Å²) in [6, 6.07) is 5.70. The van der Waals surface area contributed by atoms with E-state index in [-0.39, 0.29) is 12.4 Å². The number of nitrogens with one attached hydrogen (secondary N) is 1. The Bertz CT molecular complexity index is 777. The SMILES string of the molecule is CCCCOc1ccc(C=NNc2nc(CC(=O)OCC)cs2)cc1OCC. The van der Waals surface area contributed by atoms with Crippen molar-refractivity contribution in [3.05, 3.63) is 34.8 Å². The second-order valence-corrected chi connectivity index (χ2v) is 6.70. The topological polar surface area (TPSA) is 82.0 Å². The van der Waals surface area contributed by atoms with E-state index in [0.29, 0.717) is 36.4 Å². The molecule has 8 heteroatoms. The number of anilines is 1. The Morgan fingerprint density at radius 1 is 1.21 bits per heavy atom. The Labute approximate surface area is 169 Å². The smallest absolute Gasteiger partial charge is 0.311 e. The molecule has 0 saturated carbocycles. The summed E-state index contributed by atoms with van der Waals surface area (Å²) in [6.07, 6.45) is 3.93. The van der Waals surface area contributed by atoms with Gasteiger partial charge in [0.15, 0.2) is 11.5 Å². The van der Waals surface area contributed by atoms with E-state index in [4.69, 9.17) is 14.2 Å². The average Bonchev–Trinajstić information content (AvgIpc) is 3.11. The monoisotopic (exact) mass is 405 g/mol. The summed E-state index contributed by atoms with van der Waals surface area (Å²) in [5.74, 6) is 1.16. The Balaban J connectivity index is 1.95. The Kier molecular flexibility index (Phi) is 9.27. The zero-order valence-corrected chi connectivity index (χ0v) is 17.4. The second kappa shape index (κ2) is 12.0. The molecule has 7 nitrogen and oxygen atoms in total. The van der Waals surface area contributed by atoms with Crippen LogP contribution < -0.4 is 14.9 Å². The molecule has 152 valence electrons. The predicted octanol–water partition coefficient (Wildman–Crippen LogP) is 4.27. The molecule has 0 spiro atoms. The van der Waals surface area contributed by atoms with E-state index in [2.05, 4.69) is 22.4 Å². The summed E-state index contributed by atoms with van der Waals surface area (Å²) in [4.78, 5) is 15.8. The highest BCUT2D eigenvalue weighted by molar-refractivity contribution is 7.13. The first-order valence-corrected chi connectivity index (χ1v) is 10.3. The van der Waals surface area contributed by atoms with Gasteiger partial charge in [-0.05, 0) is 44.0 Å². The molecule has 0 saturated heterocycles. The first-order chi connectivity index (χ1) is 13.7. The quantitative estimate of drug-likeness (QED) is 0.246. The molecule has 0 atom stereocenters. The van der Waals surface area contributed by atoms with E-state index in [9.17, 15) is 4.79 Å². The number of aromatic nitrogens is 1. The van der Waals surface area contributed by atoms with Crippen molar-refractivity contribution in [2.75, 3.05) is 25.2 Å². The summed E-state index contributed by atoms with van der Waals surface area (Å²) in [7, 11) is 0. The highest BCUT2D eigenvalue weighted by atomic mass is 32.1. The van der Waals surface area contributed by atoms with E-state index in [1.807, 2.05) is 30.5 Å². The first kappa shape index (κ1) is 21.7. The number of benzene rings is 1. The van der Waals surface area contributed by atoms with Crippen molar-refractivity contribution in [1.29, 1.82) is 0 Å². The fourth-order valence-corrected chi connectivity index (χ4v) is 2.94. The summed E-state index contributed by atoms with van der Waals surface area (Å²) in [5, 5.41) is 6.63. The molecule has 1 heterocycles. The minimum atomic E-state index is -0.285. The number of unbranched alkanes of at least 4 members (excludes halogenated alkanes) is 1. The number of hydrogen-bond donors (Lipinski definition) is 1. The number of rotatable bonds is 12. The zero-order chi connectivity index (χ0) is 20.2. The number of carbonyl (C=O) groups is 1. The third-order valence-corrected chi connectivity index (χ3v) is 4.38. The van der Waals surface area contributed by atoms with E-state index in [1.165, 1.54) is 11.3 Å². The van der Waals surface area contributed by atoms with Gasteiger partial charge in [0.2, 0.25) is 5.13 Å². The van der Waals surface area contributed by atoms with Crippen molar-refractivity contribution >= 4 is 28.7 Å². The number of nitrogens with zero attached hydrogens (tertiary/aromatic N) is 2. The van der Waals surface area contributed by atoms with E-state index < -0.39 is 0 Å². The van der Waals surface area contributed by atoms with Crippen LogP contribution in [0.1, 0.15) is 44.9 Å². The van der Waals surface area contributed by atoms with E-state index >= 15 is 0 Å². The molecule has 28 heavy (non-hydrogen) atoms. The molecule has 1 aromatic carbocycles. The molecule has 0 fully saturated rings. The molecule has 1 aromatic heterocycles. The molecule has 0 unspecified atom stereocenters. The number of hydrogen-bond acceptors (Lipinski definition) is 8. The lowest BCUT2D eigenvalue weighted by molar-refractivity contribution is -0.142. The highest BCUT2D eigenvalue weighted by Gasteiger charge is 2.08. The zero-order valence-electron chi connectivity index (χ0n) is 16.6. The van der Waals surface area contributed by atoms with Gasteiger partial charge in [-0.15, -0.1) is 11.3 Å². The minimum Gasteiger partial charge on any atom is -0.490 e. The molecular formula is C20H27N3O4S. The van der Waals surface area contributed by atoms with Crippen LogP contribution in [0.3, 0.4) is 0 Å². The lowest BCUT2D eigenvalue weighted by atomic mass is 10.2. The fourth-order valence-electron chi connectivity index (χ4n) is 2.28. The summed E-state index contributed by atoms with van der Waals surface area (Å²) in [6.45, 7) is 7.44. The van der Waals surface area contributed by atoms with Gasteiger partial charge in [-0.2, -0.15) is 5.10 Å². The van der Waals surface area contributed by atoms with Crippen LogP contribution in [0.15, 0.2) is 28.7 Å². The molecule has 2 aromatic rings. The van der Waals surface area contributed by atoms with E-state index in [1.54, 1.807) is 13.1 Å². The third kappa shape index (κ3) is 7.19. The van der Waals surface area contributed by atoms with Crippen LogP contribution >= 0.6 is 11.3 Å². The van der Waals surface area contributed by atoms with Gasteiger partial charge < -0.3 is 14.2 Å². The van der Waals surface area contributed by atoms with Crippen LogP contribution in [-0.4, -0.2) is 37.0 Å². The van der Waals surface area contributed by atoms with Crippen molar-refractivity contribution in [2.45, 2.75) is 40.0 Å². The lowest BCUT2D eigenvalue weighted by Gasteiger charge is -2.12. The van der Waals surface area contributed by atoms with Crippen LogP contribution in [0.4, 0.5) is 5.13 Å². The number of esters is 1. The maximum Gasteiger partial charge on any atom is 0.311 e. The molecular weight excluding hydrogens is 378 g/mol. The van der Waals surface area contributed by atoms with Crippen molar-refractivity contribution in [2.24, 2.45) is 5.10 Å². The lowest BCUT2D eigenvalue weighted by Crippen LogP contribution is -2.07. The van der Waals surface area contributed by atoms with Crippen molar-refractivity contribution in [3.63, 3.8) is 0 Å². The number of hydrazone groups is 1. The molecule has 0 aliphatic heterocycles. The highest BCUT2D eigenvalue weighted by Crippen LogP contribution is 2.28. The molecule has 0 amide bonds. The molecule has 0 aliphatic rings. The normalized spacial score (nSPS) is 10.8. The van der Waals surface area contributed by atoms with Crippen LogP contribution in [0, 0.1) is 0 Å². The van der Waals surface area contributed by atoms with Gasteiger partial charge in [0.25, 0.3) is 0 Å². The Hall–Kier alpha value is -2.61. The van der Waals surface area contributed by atoms with Gasteiger partial charge in [0.1, 0.15) is 0 Å². The summed E-state index contributed by atoms with van der Waals surface area (Å²) >= 11 is 1.38. The number of ether oxygens (including phenoxy) is 3. The van der Waals surface area contributed by atoms with Crippen LogP contribution in [-0.2, 0) is 16.0 Å². The second-order valence-electron chi connectivity index (χ2n) is 5.84. The van der Waals surface area contributed by atoms with Gasteiger partial charge >= 0.3 is 5.97 Å². The fraction of sp³-hybridized carbons (Fsp3) is 0.450. The Morgan fingerprint density at radius 2 is 2.07 bits per heavy atom. The molecule has 0 radical (unpaired) electrons. The van der Waals surface area contributed by atoms with E-state index in [0.717, 1.165) is 24.2 Å². The van der Waals surface area contributed by atoms with Gasteiger partial charge in [0, 0.05) is 5.38 Å². The average molecular weight is 406 g/mol. The third-order valence-electron chi connectivity index (χ3n) is 3.58. The van der Waals surface area contributed by atoms with Crippen LogP contribution in [0.25, 0.3) is 0 Å². The van der Waals surface area contributed by atoms with Gasteiger partial charge in [-0.25, -0.2) is 4.98 Å². The van der Waals surface area contributed by atoms with Crippen LogP contribution in [0.5, 0.6) is 11.5 Å². The predicted molar refractivity (Wildman–Crippen MR) is 112 cm³/mol. The van der Waals surface area contributed by atoms with Gasteiger partial charge in [-0.1, -0.05) is 13.3 Å². The summed E-state index contributed by atoms with van der Waals surface area (Å²) < 4.78 is 16.4. The van der Waals surface area contributed by atoms with Gasteiger partial charge in [-0.3, -0.25) is 10.2 Å². The largest absolute Gasteiger partial charge is 0.490 e. The van der Waals surface area contributed by atoms with Crippen LogP contribution in [0.2, 0.25) is 0 Å². The van der Waals surface area contributed by atoms with Crippen molar-refractivity contribution < 1.29 is 19.0 Å². The van der Waals surface area contributed by atoms with Gasteiger partial charge in [0.05, 0.1) is 38.1 Å². The van der Waals surface area contributed by atoms with Crippen molar-refractivity contribution in [3.8, 4) is 11.5 Å². The number of thiazole rings is 1. The maximum atomic E-state index is 11.5. The molecule has 0 bridgehead atoms. The standard InChI is InChI=1S/C20H27N3O4S/c1-4-7-10-27-17-9-8-15(11-18(17)25-5-2)13-21-23-20-22-16(14-28-20)12-19(24)26-6-3/h8-9,11,13-14H,4-7,10,12H2,1-3H3,(H,22,23). The molecule has 2 rings (SSSR count). The maximum absolute atomic E-state index is 11.5. The molecule has 0 aliphatic carbocycles. The number of carbonyl (C=O) groups excluding carboxylic acids is 1. The molecule has 1 N–H and O–H groups in total. The minimum absolute atomic E-state index is 0.160. The van der Waals surface area contributed by atoms with Crippen molar-refractivity contribution in [1.82, 2.24) is 4.98 Å².